The van der Waals surface area contributed by atoms with Gasteiger partial charge in [0.05, 0.1) is 5.92 Å². The molecule has 0 aromatic carbocycles. The molecule has 0 unspecified atom stereocenters. The first-order chi connectivity index (χ1) is 4.84. The van der Waals surface area contributed by atoms with Crippen LogP contribution >= 0.6 is 0 Å². The molecule has 1 atom stereocenters. The summed E-state index contributed by atoms with van der Waals surface area (Å²) < 4.78 is 0. The Morgan fingerprint density at radius 1 is 1.80 bits per heavy atom. The third-order valence-corrected chi connectivity index (χ3v) is 1.49. The Labute approximate surface area is 59.5 Å². The predicted molar refractivity (Wildman–Crippen MR) is 38.4 cm³/mol. The molecule has 0 saturated carbocycles. The molecule has 0 aromatic rings. The van der Waals surface area contributed by atoms with Crippen molar-refractivity contribution in [2.45, 2.75) is 12.8 Å². The van der Waals surface area contributed by atoms with Crippen molar-refractivity contribution in [1.29, 1.82) is 0 Å². The zero-order chi connectivity index (χ0) is 7.40. The molecule has 1 rings (SSSR count). The van der Waals surface area contributed by atoms with Crippen LogP contribution in [-0.2, 0) is 4.79 Å². The molecule has 4 nitrogen and oxygen atoms in total. The van der Waals surface area contributed by atoms with Crippen molar-refractivity contribution in [1.82, 2.24) is 5.43 Å². The van der Waals surface area contributed by atoms with Crippen LogP contribution in [0.2, 0.25) is 0 Å². The highest BCUT2D eigenvalue weighted by Crippen LogP contribution is 2.06. The van der Waals surface area contributed by atoms with Crippen molar-refractivity contribution in [3.05, 3.63) is 0 Å². The Hall–Kier alpha value is -0.900. The second-order valence-corrected chi connectivity index (χ2v) is 2.29. The van der Waals surface area contributed by atoms with Crippen molar-refractivity contribution >= 4 is 12.1 Å². The Morgan fingerprint density at radius 2 is 2.60 bits per heavy atom. The van der Waals surface area contributed by atoms with Gasteiger partial charge in [-0.2, -0.15) is 5.10 Å². The molecule has 1 aliphatic heterocycles. The van der Waals surface area contributed by atoms with Gasteiger partial charge in [-0.25, -0.2) is 5.43 Å². The van der Waals surface area contributed by atoms with E-state index in [1.54, 1.807) is 6.21 Å². The fourth-order valence-corrected chi connectivity index (χ4v) is 0.885. The van der Waals surface area contributed by atoms with Crippen LogP contribution in [0.1, 0.15) is 12.8 Å². The molecule has 0 bridgehead atoms. The lowest BCUT2D eigenvalue weighted by Gasteiger charge is -2.00. The number of nitrogens with two attached hydrogens (primary N) is 1. The van der Waals surface area contributed by atoms with Gasteiger partial charge in [-0.1, -0.05) is 0 Å². The zero-order valence-corrected chi connectivity index (χ0v) is 5.71. The van der Waals surface area contributed by atoms with Gasteiger partial charge < -0.3 is 5.73 Å². The van der Waals surface area contributed by atoms with Crippen molar-refractivity contribution in [2.24, 2.45) is 16.8 Å². The highest BCUT2D eigenvalue weighted by Gasteiger charge is 2.19. The summed E-state index contributed by atoms with van der Waals surface area (Å²) in [4.78, 5) is 10.8. The minimum Gasteiger partial charge on any atom is -0.330 e. The Balaban J connectivity index is 2.27. The molecule has 1 heterocycles. The molecule has 0 fully saturated rings. The lowest BCUT2D eigenvalue weighted by molar-refractivity contribution is -0.122. The number of hydrazone groups is 1. The van der Waals surface area contributed by atoms with Crippen LogP contribution in [0.25, 0.3) is 0 Å². The largest absolute Gasteiger partial charge is 0.330 e. The number of amides is 1. The molecule has 0 saturated heterocycles. The number of nitrogens with zero attached hydrogens (tertiary/aromatic N) is 1. The monoisotopic (exact) mass is 141 g/mol. The SMILES string of the molecule is NCCC[C@H]1C=NNC1=O. The summed E-state index contributed by atoms with van der Waals surface area (Å²) in [5, 5.41) is 3.63. The fraction of sp³-hybridized carbons (Fsp3) is 0.667. The smallest absolute Gasteiger partial charge is 0.248 e. The van der Waals surface area contributed by atoms with E-state index in [2.05, 4.69) is 10.5 Å². The van der Waals surface area contributed by atoms with E-state index in [1.807, 2.05) is 0 Å². The van der Waals surface area contributed by atoms with Crippen LogP contribution in [0.3, 0.4) is 0 Å². The van der Waals surface area contributed by atoms with Crippen LogP contribution < -0.4 is 11.2 Å². The van der Waals surface area contributed by atoms with E-state index in [0.29, 0.717) is 6.54 Å². The van der Waals surface area contributed by atoms with Gasteiger partial charge in [0.15, 0.2) is 0 Å². The topological polar surface area (TPSA) is 67.5 Å². The highest BCUT2D eigenvalue weighted by atomic mass is 16.2. The summed E-state index contributed by atoms with van der Waals surface area (Å²) >= 11 is 0. The zero-order valence-electron chi connectivity index (χ0n) is 5.71. The van der Waals surface area contributed by atoms with E-state index in [-0.39, 0.29) is 11.8 Å². The molecular formula is C6H11N3O. The fourth-order valence-electron chi connectivity index (χ4n) is 0.885. The predicted octanol–water partition coefficient (Wildman–Crippen LogP) is -0.543. The van der Waals surface area contributed by atoms with E-state index in [9.17, 15) is 4.79 Å². The van der Waals surface area contributed by atoms with E-state index < -0.39 is 0 Å². The molecule has 0 spiro atoms. The van der Waals surface area contributed by atoms with Gasteiger partial charge in [0.2, 0.25) is 5.91 Å². The number of carbonyl (C=O) groups excluding carboxylic acids is 1. The lowest BCUT2D eigenvalue weighted by Crippen LogP contribution is -2.20. The molecule has 0 radical (unpaired) electrons. The van der Waals surface area contributed by atoms with Crippen LogP contribution in [0.15, 0.2) is 5.10 Å². The molecule has 3 N–H and O–H groups in total. The standard InChI is InChI=1S/C6H11N3O/c7-3-1-2-5-4-8-9-6(5)10/h4-5H,1-3,7H2,(H,9,10)/t5-/m0/s1. The second-order valence-electron chi connectivity index (χ2n) is 2.29. The molecule has 10 heavy (non-hydrogen) atoms. The summed E-state index contributed by atoms with van der Waals surface area (Å²) in [6.07, 6.45) is 3.33. The number of hydrogen-bond acceptors (Lipinski definition) is 3. The average molecular weight is 141 g/mol. The van der Waals surface area contributed by atoms with E-state index in [1.165, 1.54) is 0 Å². The van der Waals surface area contributed by atoms with E-state index in [4.69, 9.17) is 5.73 Å². The Morgan fingerprint density at radius 3 is 3.10 bits per heavy atom. The maximum Gasteiger partial charge on any atom is 0.248 e. The summed E-state index contributed by atoms with van der Waals surface area (Å²) in [5.74, 6) is -0.0444. The maximum atomic E-state index is 10.8. The maximum absolute atomic E-state index is 10.8. The van der Waals surface area contributed by atoms with Crippen molar-refractivity contribution in [2.75, 3.05) is 6.54 Å². The van der Waals surface area contributed by atoms with Crippen molar-refractivity contribution < 1.29 is 4.79 Å². The van der Waals surface area contributed by atoms with Crippen LogP contribution in [0.4, 0.5) is 0 Å². The molecule has 0 aliphatic carbocycles. The first-order valence-corrected chi connectivity index (χ1v) is 3.37. The summed E-state index contributed by atoms with van der Waals surface area (Å²) in [6.45, 7) is 0.637. The third kappa shape index (κ3) is 1.54. The second kappa shape index (κ2) is 3.31. The molecule has 0 aromatic heterocycles. The summed E-state index contributed by atoms with van der Waals surface area (Å²) in [7, 11) is 0. The molecular weight excluding hydrogens is 130 g/mol. The minimum absolute atomic E-state index is 0.00606. The molecule has 56 valence electrons. The van der Waals surface area contributed by atoms with Crippen LogP contribution in [-0.4, -0.2) is 18.7 Å². The van der Waals surface area contributed by atoms with Gasteiger partial charge in [0.1, 0.15) is 0 Å². The van der Waals surface area contributed by atoms with E-state index >= 15 is 0 Å². The van der Waals surface area contributed by atoms with Crippen molar-refractivity contribution in [3.8, 4) is 0 Å². The van der Waals surface area contributed by atoms with E-state index in [0.717, 1.165) is 12.8 Å². The quantitative estimate of drug-likeness (QED) is 0.554. The Kier molecular flexibility index (Phi) is 2.39. The molecule has 1 amide bonds. The normalized spacial score (nSPS) is 23.3. The number of carbonyl (C=O) groups is 1. The van der Waals surface area contributed by atoms with Crippen LogP contribution in [0, 0.1) is 5.92 Å². The van der Waals surface area contributed by atoms with Gasteiger partial charge in [-0.15, -0.1) is 0 Å². The van der Waals surface area contributed by atoms with Crippen molar-refractivity contribution in [3.63, 3.8) is 0 Å². The number of rotatable bonds is 3. The van der Waals surface area contributed by atoms with Gasteiger partial charge in [-0.05, 0) is 19.4 Å². The summed E-state index contributed by atoms with van der Waals surface area (Å²) in [5.41, 5.74) is 7.64. The average Bonchev–Trinajstić information content (AvgIpc) is 2.31. The van der Waals surface area contributed by atoms with Gasteiger partial charge in [-0.3, -0.25) is 4.79 Å². The first-order valence-electron chi connectivity index (χ1n) is 3.37. The third-order valence-electron chi connectivity index (χ3n) is 1.49. The lowest BCUT2D eigenvalue weighted by atomic mass is 10.1. The highest BCUT2D eigenvalue weighted by molar-refractivity contribution is 5.97. The number of nitrogens with one attached hydrogen (secondary N) is 1. The Bertz CT molecular complexity index is 155. The van der Waals surface area contributed by atoms with Crippen LogP contribution in [0.5, 0.6) is 0 Å². The minimum atomic E-state index is -0.0384. The molecule has 1 aliphatic rings. The summed E-state index contributed by atoms with van der Waals surface area (Å²) in [6, 6.07) is 0. The van der Waals surface area contributed by atoms with Gasteiger partial charge in [0, 0.05) is 6.21 Å². The first kappa shape index (κ1) is 7.21. The molecule has 4 heteroatoms. The van der Waals surface area contributed by atoms with Gasteiger partial charge >= 0.3 is 0 Å². The van der Waals surface area contributed by atoms with Gasteiger partial charge in [0.25, 0.3) is 0 Å². The number of hydrogen-bond donors (Lipinski definition) is 2.